The van der Waals surface area contributed by atoms with E-state index in [2.05, 4.69) is 10.6 Å². The van der Waals surface area contributed by atoms with Crippen LogP contribution in [0.3, 0.4) is 0 Å². The van der Waals surface area contributed by atoms with Gasteiger partial charge in [-0.15, -0.1) is 6.42 Å². The molecule has 2 atom stereocenters. The standard InChI is InChI=1S/C16H17F3N2O4S/c1-2-14(12-7-8-25-9-12)21-26(23,24)13-5-3-11(4-6-13)15(22)20-10-16(17,18)19/h1,3-6,12,14,21H,7-10H2,(H,20,22)/t12-,14-/m0/s1. The zero-order chi connectivity index (χ0) is 19.4. The van der Waals surface area contributed by atoms with Crippen molar-refractivity contribution in [1.29, 1.82) is 0 Å². The molecule has 0 saturated carbocycles. The summed E-state index contributed by atoms with van der Waals surface area (Å²) < 4.78 is 68.7. The number of nitrogens with one attached hydrogen (secondary N) is 2. The monoisotopic (exact) mass is 390 g/mol. The Kier molecular flexibility index (Phi) is 6.28. The van der Waals surface area contributed by atoms with Gasteiger partial charge in [-0.3, -0.25) is 4.79 Å². The lowest BCUT2D eigenvalue weighted by Gasteiger charge is -2.18. The zero-order valence-electron chi connectivity index (χ0n) is 13.5. The lowest BCUT2D eigenvalue weighted by atomic mass is 10.0. The van der Waals surface area contributed by atoms with Gasteiger partial charge >= 0.3 is 6.18 Å². The van der Waals surface area contributed by atoms with E-state index in [9.17, 15) is 26.4 Å². The molecule has 0 spiro atoms. The van der Waals surface area contributed by atoms with E-state index in [1.165, 1.54) is 0 Å². The Balaban J connectivity index is 2.06. The van der Waals surface area contributed by atoms with Crippen molar-refractivity contribution in [2.24, 2.45) is 5.92 Å². The highest BCUT2D eigenvalue weighted by molar-refractivity contribution is 7.89. The Bertz CT molecular complexity index is 779. The first kappa shape index (κ1) is 20.2. The minimum Gasteiger partial charge on any atom is -0.381 e. The summed E-state index contributed by atoms with van der Waals surface area (Å²) in [6.07, 6.45) is 1.50. The van der Waals surface area contributed by atoms with Crippen molar-refractivity contribution < 1.29 is 31.1 Å². The molecule has 1 fully saturated rings. The maximum atomic E-state index is 12.4. The number of carbonyl (C=O) groups is 1. The molecule has 2 rings (SSSR count). The number of rotatable bonds is 6. The number of alkyl halides is 3. The number of hydrogen-bond acceptors (Lipinski definition) is 4. The fraction of sp³-hybridized carbons (Fsp3) is 0.438. The van der Waals surface area contributed by atoms with E-state index in [-0.39, 0.29) is 16.4 Å². The molecule has 1 amide bonds. The summed E-state index contributed by atoms with van der Waals surface area (Å²) in [5.74, 6) is 1.30. The summed E-state index contributed by atoms with van der Waals surface area (Å²) in [5.41, 5.74) is -0.0918. The second-order valence-corrected chi connectivity index (χ2v) is 7.43. The van der Waals surface area contributed by atoms with Gasteiger partial charge in [-0.2, -0.15) is 17.9 Å². The largest absolute Gasteiger partial charge is 0.405 e. The van der Waals surface area contributed by atoms with Crippen LogP contribution >= 0.6 is 0 Å². The normalized spacial score (nSPS) is 18.9. The number of hydrogen-bond donors (Lipinski definition) is 2. The van der Waals surface area contributed by atoms with Crippen LogP contribution in [0.4, 0.5) is 13.2 Å². The molecule has 26 heavy (non-hydrogen) atoms. The number of halogens is 3. The predicted molar refractivity (Wildman–Crippen MR) is 86.7 cm³/mol. The average Bonchev–Trinajstić information content (AvgIpc) is 3.11. The predicted octanol–water partition coefficient (Wildman–Crippen LogP) is 1.30. The molecule has 1 aliphatic heterocycles. The first-order valence-electron chi connectivity index (χ1n) is 7.63. The molecule has 10 heteroatoms. The number of sulfonamides is 1. The molecule has 1 heterocycles. The van der Waals surface area contributed by atoms with Gasteiger partial charge in [-0.05, 0) is 30.7 Å². The van der Waals surface area contributed by atoms with Gasteiger partial charge in [0.1, 0.15) is 6.54 Å². The van der Waals surface area contributed by atoms with E-state index < -0.39 is 34.7 Å². The van der Waals surface area contributed by atoms with Crippen LogP contribution in [0.25, 0.3) is 0 Å². The maximum Gasteiger partial charge on any atom is 0.405 e. The average molecular weight is 390 g/mol. The highest BCUT2D eigenvalue weighted by Crippen LogP contribution is 2.19. The fourth-order valence-electron chi connectivity index (χ4n) is 2.39. The van der Waals surface area contributed by atoms with Crippen LogP contribution in [-0.2, 0) is 14.8 Å². The molecule has 1 aromatic rings. The van der Waals surface area contributed by atoms with Crippen molar-refractivity contribution in [1.82, 2.24) is 10.0 Å². The summed E-state index contributed by atoms with van der Waals surface area (Å²) in [7, 11) is -3.95. The lowest BCUT2D eigenvalue weighted by Crippen LogP contribution is -2.39. The summed E-state index contributed by atoms with van der Waals surface area (Å²) >= 11 is 0. The molecular weight excluding hydrogens is 373 g/mol. The van der Waals surface area contributed by atoms with E-state index in [4.69, 9.17) is 11.2 Å². The first-order chi connectivity index (χ1) is 12.1. The van der Waals surface area contributed by atoms with Crippen molar-refractivity contribution in [2.45, 2.75) is 23.5 Å². The molecule has 6 nitrogen and oxygen atoms in total. The Morgan fingerprint density at radius 1 is 1.35 bits per heavy atom. The first-order valence-corrected chi connectivity index (χ1v) is 9.12. The second-order valence-electron chi connectivity index (χ2n) is 5.71. The number of benzene rings is 1. The minimum atomic E-state index is -4.53. The van der Waals surface area contributed by atoms with Crippen molar-refractivity contribution in [2.75, 3.05) is 19.8 Å². The zero-order valence-corrected chi connectivity index (χ0v) is 14.4. The van der Waals surface area contributed by atoms with Gasteiger partial charge in [0, 0.05) is 18.1 Å². The molecule has 2 N–H and O–H groups in total. The summed E-state index contributed by atoms with van der Waals surface area (Å²) in [5, 5.41) is 1.71. The van der Waals surface area contributed by atoms with Crippen molar-refractivity contribution >= 4 is 15.9 Å². The highest BCUT2D eigenvalue weighted by Gasteiger charge is 2.29. The number of amides is 1. The van der Waals surface area contributed by atoms with Gasteiger partial charge in [0.15, 0.2) is 0 Å². The third-order valence-corrected chi connectivity index (χ3v) is 5.23. The van der Waals surface area contributed by atoms with E-state index in [0.29, 0.717) is 19.6 Å². The van der Waals surface area contributed by atoms with E-state index >= 15 is 0 Å². The molecule has 0 aliphatic carbocycles. The molecule has 142 valence electrons. The van der Waals surface area contributed by atoms with Gasteiger partial charge in [-0.1, -0.05) is 5.92 Å². The van der Waals surface area contributed by atoms with Crippen LogP contribution in [0.1, 0.15) is 16.8 Å². The topological polar surface area (TPSA) is 84.5 Å². The van der Waals surface area contributed by atoms with E-state index in [1.807, 2.05) is 0 Å². The van der Waals surface area contributed by atoms with Gasteiger partial charge in [0.05, 0.1) is 17.5 Å². The van der Waals surface area contributed by atoms with Gasteiger partial charge in [0.2, 0.25) is 10.0 Å². The van der Waals surface area contributed by atoms with Crippen LogP contribution in [-0.4, -0.2) is 46.3 Å². The smallest absolute Gasteiger partial charge is 0.381 e. The molecule has 0 unspecified atom stereocenters. The minimum absolute atomic E-state index is 0.0918. The van der Waals surface area contributed by atoms with Gasteiger partial charge < -0.3 is 10.1 Å². The third kappa shape index (κ3) is 5.45. The van der Waals surface area contributed by atoms with Crippen LogP contribution < -0.4 is 10.0 Å². The Labute approximate surface area is 149 Å². The third-order valence-electron chi connectivity index (χ3n) is 3.77. The Morgan fingerprint density at radius 2 is 2.00 bits per heavy atom. The number of terminal acetylenes is 1. The second kappa shape index (κ2) is 8.07. The van der Waals surface area contributed by atoms with Crippen molar-refractivity contribution in [3.8, 4) is 12.3 Å². The molecular formula is C16H17F3N2O4S. The molecule has 0 radical (unpaired) electrons. The van der Waals surface area contributed by atoms with E-state index in [1.54, 1.807) is 5.32 Å². The van der Waals surface area contributed by atoms with Crippen molar-refractivity contribution in [3.05, 3.63) is 29.8 Å². The van der Waals surface area contributed by atoms with E-state index in [0.717, 1.165) is 24.3 Å². The van der Waals surface area contributed by atoms with Crippen LogP contribution in [0.2, 0.25) is 0 Å². The Morgan fingerprint density at radius 3 is 2.50 bits per heavy atom. The van der Waals surface area contributed by atoms with Crippen molar-refractivity contribution in [3.63, 3.8) is 0 Å². The SMILES string of the molecule is C#C[C@H](NS(=O)(=O)c1ccc(C(=O)NCC(F)(F)F)cc1)[C@H]1CCOC1. The van der Waals surface area contributed by atoms with Crippen LogP contribution in [0.15, 0.2) is 29.2 Å². The lowest BCUT2D eigenvalue weighted by molar-refractivity contribution is -0.123. The van der Waals surface area contributed by atoms with Crippen LogP contribution in [0, 0.1) is 18.3 Å². The number of ether oxygens (including phenoxy) is 1. The fourth-order valence-corrected chi connectivity index (χ4v) is 3.61. The summed E-state index contributed by atoms with van der Waals surface area (Å²) in [6, 6.07) is 3.78. The summed E-state index contributed by atoms with van der Waals surface area (Å²) in [4.78, 5) is 11.5. The van der Waals surface area contributed by atoms with Gasteiger partial charge in [-0.25, -0.2) is 8.42 Å². The molecule has 1 saturated heterocycles. The van der Waals surface area contributed by atoms with Gasteiger partial charge in [0.25, 0.3) is 5.91 Å². The van der Waals surface area contributed by atoms with Crippen LogP contribution in [0.5, 0.6) is 0 Å². The molecule has 1 aromatic carbocycles. The molecule has 0 aromatic heterocycles. The number of carbonyl (C=O) groups excluding carboxylic acids is 1. The highest BCUT2D eigenvalue weighted by atomic mass is 32.2. The quantitative estimate of drug-likeness (QED) is 0.717. The molecule has 1 aliphatic rings. The maximum absolute atomic E-state index is 12.4. The Hall–Kier alpha value is -2.09. The molecule has 0 bridgehead atoms. The summed E-state index contributed by atoms with van der Waals surface area (Å²) in [6.45, 7) is -0.608.